The van der Waals surface area contributed by atoms with E-state index < -0.39 is 12.2 Å². The van der Waals surface area contributed by atoms with Gasteiger partial charge in [-0.15, -0.1) is 11.3 Å². The molecule has 0 aliphatic carbocycles. The van der Waals surface area contributed by atoms with Crippen molar-refractivity contribution in [2.24, 2.45) is 5.92 Å². The van der Waals surface area contributed by atoms with Gasteiger partial charge in [0.05, 0.1) is 10.2 Å². The average Bonchev–Trinajstić information content (AvgIpc) is 3.04. The van der Waals surface area contributed by atoms with E-state index in [9.17, 15) is 15.0 Å². The fourth-order valence-corrected chi connectivity index (χ4v) is 4.37. The number of likely N-dealkylation sites (tertiary alicyclic amines) is 1. The van der Waals surface area contributed by atoms with E-state index in [2.05, 4.69) is 11.9 Å². The lowest BCUT2D eigenvalue weighted by molar-refractivity contribution is -0.148. The number of aliphatic hydroxyl groups is 2. The number of hydrogen-bond donors (Lipinski definition) is 2. The lowest BCUT2D eigenvalue weighted by Crippen LogP contribution is -2.46. The molecule has 3 rings (SSSR count). The van der Waals surface area contributed by atoms with Gasteiger partial charge in [-0.25, -0.2) is 4.98 Å². The Labute approximate surface area is 145 Å². The van der Waals surface area contributed by atoms with Gasteiger partial charge in [-0.1, -0.05) is 25.5 Å². The number of piperidine rings is 1. The highest BCUT2D eigenvalue weighted by Crippen LogP contribution is 2.29. The number of thiazole rings is 1. The maximum absolute atomic E-state index is 12.6. The Balaban J connectivity index is 1.70. The number of hydrogen-bond acceptors (Lipinski definition) is 5. The first-order valence-electron chi connectivity index (χ1n) is 8.60. The average molecular weight is 348 g/mol. The number of carbonyl (C=O) groups is 1. The molecule has 6 heteroatoms. The van der Waals surface area contributed by atoms with Gasteiger partial charge in [-0.2, -0.15) is 0 Å². The minimum atomic E-state index is -1.45. The van der Waals surface area contributed by atoms with Crippen LogP contribution in [-0.4, -0.2) is 45.2 Å². The second-order valence-corrected chi connectivity index (χ2v) is 7.55. The van der Waals surface area contributed by atoms with Crippen molar-refractivity contribution in [1.29, 1.82) is 0 Å². The Morgan fingerprint density at radius 3 is 2.96 bits per heavy atom. The minimum Gasteiger partial charge on any atom is -0.383 e. The van der Waals surface area contributed by atoms with Crippen LogP contribution in [-0.2, 0) is 4.79 Å². The van der Waals surface area contributed by atoms with E-state index in [1.165, 1.54) is 11.3 Å². The van der Waals surface area contributed by atoms with Crippen molar-refractivity contribution >= 4 is 27.5 Å². The standard InChI is InChI=1S/C18H24N2O3S/c1-2-6-12-7-5-10-20(11-12)18(23)16(22)15(21)17-19-13-8-3-4-9-14(13)24-17/h3-4,8-9,12,15-16,21-22H,2,5-7,10-11H2,1H3/t12-,15+,16+/m1/s1. The van der Waals surface area contributed by atoms with Gasteiger partial charge < -0.3 is 15.1 Å². The fourth-order valence-electron chi connectivity index (χ4n) is 3.38. The van der Waals surface area contributed by atoms with E-state index in [4.69, 9.17) is 0 Å². The summed E-state index contributed by atoms with van der Waals surface area (Å²) in [6.45, 7) is 3.48. The van der Waals surface area contributed by atoms with Crippen LogP contribution in [0.2, 0.25) is 0 Å². The molecule has 1 aromatic carbocycles. The molecule has 5 nitrogen and oxygen atoms in total. The van der Waals surface area contributed by atoms with E-state index in [-0.39, 0.29) is 5.91 Å². The Morgan fingerprint density at radius 1 is 1.42 bits per heavy atom. The number of rotatable bonds is 5. The van der Waals surface area contributed by atoms with Crippen molar-refractivity contribution in [3.63, 3.8) is 0 Å². The van der Waals surface area contributed by atoms with Crippen LogP contribution in [0.25, 0.3) is 10.2 Å². The van der Waals surface area contributed by atoms with Gasteiger partial charge in [0.25, 0.3) is 5.91 Å². The molecule has 0 spiro atoms. The molecule has 1 fully saturated rings. The van der Waals surface area contributed by atoms with E-state index in [0.29, 0.717) is 24.0 Å². The predicted octanol–water partition coefficient (Wildman–Crippen LogP) is 2.73. The number of fused-ring (bicyclic) bond motifs is 1. The topological polar surface area (TPSA) is 73.7 Å². The Hall–Kier alpha value is -1.50. The quantitative estimate of drug-likeness (QED) is 0.871. The van der Waals surface area contributed by atoms with Crippen molar-refractivity contribution in [1.82, 2.24) is 9.88 Å². The summed E-state index contributed by atoms with van der Waals surface area (Å²) >= 11 is 1.31. The summed E-state index contributed by atoms with van der Waals surface area (Å²) in [5.41, 5.74) is 0.775. The molecule has 1 aliphatic rings. The van der Waals surface area contributed by atoms with Gasteiger partial charge in [0, 0.05) is 13.1 Å². The van der Waals surface area contributed by atoms with Crippen molar-refractivity contribution in [2.75, 3.05) is 13.1 Å². The highest BCUT2D eigenvalue weighted by atomic mass is 32.1. The highest BCUT2D eigenvalue weighted by Gasteiger charge is 2.33. The van der Waals surface area contributed by atoms with E-state index in [1.807, 2.05) is 24.3 Å². The maximum atomic E-state index is 12.6. The smallest absolute Gasteiger partial charge is 0.254 e. The zero-order chi connectivity index (χ0) is 17.1. The second-order valence-electron chi connectivity index (χ2n) is 6.49. The molecular weight excluding hydrogens is 324 g/mol. The van der Waals surface area contributed by atoms with Gasteiger partial charge >= 0.3 is 0 Å². The summed E-state index contributed by atoms with van der Waals surface area (Å²) in [6, 6.07) is 7.55. The lowest BCUT2D eigenvalue weighted by atomic mass is 9.93. The molecule has 2 N–H and O–H groups in total. The zero-order valence-electron chi connectivity index (χ0n) is 13.9. The molecule has 1 saturated heterocycles. The van der Waals surface area contributed by atoms with Crippen LogP contribution in [0.4, 0.5) is 0 Å². The zero-order valence-corrected chi connectivity index (χ0v) is 14.7. The number of aliphatic hydroxyl groups excluding tert-OH is 2. The summed E-state index contributed by atoms with van der Waals surface area (Å²) in [7, 11) is 0. The first-order chi connectivity index (χ1) is 11.6. The third kappa shape index (κ3) is 3.61. The normalized spacial score (nSPS) is 21.0. The summed E-state index contributed by atoms with van der Waals surface area (Å²) in [6.07, 6.45) is 1.56. The molecule has 0 bridgehead atoms. The van der Waals surface area contributed by atoms with Crippen LogP contribution in [0.5, 0.6) is 0 Å². The molecular formula is C18H24N2O3S. The van der Waals surface area contributed by atoms with E-state index in [0.717, 1.165) is 35.9 Å². The minimum absolute atomic E-state index is 0.387. The molecule has 130 valence electrons. The lowest BCUT2D eigenvalue weighted by Gasteiger charge is -2.34. The molecule has 0 saturated carbocycles. The number of aromatic nitrogens is 1. The van der Waals surface area contributed by atoms with Crippen molar-refractivity contribution in [3.05, 3.63) is 29.3 Å². The summed E-state index contributed by atoms with van der Waals surface area (Å²) in [5.74, 6) is 0.113. The van der Waals surface area contributed by atoms with Gasteiger partial charge in [0.15, 0.2) is 6.10 Å². The summed E-state index contributed by atoms with van der Waals surface area (Å²) in [4.78, 5) is 18.6. The number of carbonyl (C=O) groups excluding carboxylic acids is 1. The van der Waals surface area contributed by atoms with E-state index >= 15 is 0 Å². The Morgan fingerprint density at radius 2 is 2.21 bits per heavy atom. The van der Waals surface area contributed by atoms with Crippen molar-refractivity contribution in [2.45, 2.75) is 44.8 Å². The van der Waals surface area contributed by atoms with Crippen LogP contribution < -0.4 is 0 Å². The Bertz CT molecular complexity index is 667. The van der Waals surface area contributed by atoms with Crippen molar-refractivity contribution < 1.29 is 15.0 Å². The SMILES string of the molecule is CCC[C@@H]1CCCN(C(=O)[C@@H](O)[C@H](O)c2nc3ccccc3s2)C1. The van der Waals surface area contributed by atoms with Crippen LogP contribution in [0, 0.1) is 5.92 Å². The van der Waals surface area contributed by atoms with Gasteiger partial charge in [-0.3, -0.25) is 4.79 Å². The third-order valence-electron chi connectivity index (χ3n) is 4.64. The number of amides is 1. The maximum Gasteiger partial charge on any atom is 0.254 e. The van der Waals surface area contributed by atoms with Crippen LogP contribution in [0.3, 0.4) is 0 Å². The number of para-hydroxylation sites is 1. The molecule has 1 aliphatic heterocycles. The molecule has 24 heavy (non-hydrogen) atoms. The first kappa shape index (κ1) is 17.3. The molecule has 0 unspecified atom stereocenters. The number of nitrogens with zero attached hydrogens (tertiary/aromatic N) is 2. The summed E-state index contributed by atoms with van der Waals surface area (Å²) in [5, 5.41) is 21.2. The fraction of sp³-hybridized carbons (Fsp3) is 0.556. The van der Waals surface area contributed by atoms with Crippen LogP contribution in [0.1, 0.15) is 43.7 Å². The van der Waals surface area contributed by atoms with Gasteiger partial charge in [-0.05, 0) is 37.3 Å². The Kier molecular flexibility index (Phi) is 5.48. The molecule has 1 aromatic heterocycles. The molecule has 3 atom stereocenters. The third-order valence-corrected chi connectivity index (χ3v) is 5.75. The summed E-state index contributed by atoms with van der Waals surface area (Å²) < 4.78 is 0.937. The van der Waals surface area contributed by atoms with E-state index in [1.54, 1.807) is 4.90 Å². The van der Waals surface area contributed by atoms with Crippen LogP contribution in [0.15, 0.2) is 24.3 Å². The monoisotopic (exact) mass is 348 g/mol. The first-order valence-corrected chi connectivity index (χ1v) is 9.42. The predicted molar refractivity (Wildman–Crippen MR) is 94.8 cm³/mol. The van der Waals surface area contributed by atoms with Gasteiger partial charge in [0.1, 0.15) is 11.1 Å². The number of benzene rings is 1. The molecule has 0 radical (unpaired) electrons. The van der Waals surface area contributed by atoms with Crippen molar-refractivity contribution in [3.8, 4) is 0 Å². The van der Waals surface area contributed by atoms with Gasteiger partial charge in [0.2, 0.25) is 0 Å². The van der Waals surface area contributed by atoms with Crippen LogP contribution >= 0.6 is 11.3 Å². The highest BCUT2D eigenvalue weighted by molar-refractivity contribution is 7.18. The molecule has 2 heterocycles. The second kappa shape index (κ2) is 7.59. The largest absolute Gasteiger partial charge is 0.383 e. The molecule has 1 amide bonds. The molecule has 2 aromatic rings.